The van der Waals surface area contributed by atoms with E-state index in [2.05, 4.69) is 30.7 Å². The Morgan fingerprint density at radius 3 is 2.57 bits per heavy atom. The molecule has 1 fully saturated rings. The lowest BCUT2D eigenvalue weighted by Gasteiger charge is -2.46. The summed E-state index contributed by atoms with van der Waals surface area (Å²) in [6, 6.07) is 0. The maximum atomic E-state index is 10.5. The van der Waals surface area contributed by atoms with Crippen LogP contribution < -0.4 is 0 Å². The molecule has 14 heavy (non-hydrogen) atoms. The largest absolute Gasteiger partial charge is 0.481 e. The van der Waals surface area contributed by atoms with Crippen LogP contribution >= 0.6 is 0 Å². The Labute approximate surface area is 85.5 Å². The van der Waals surface area contributed by atoms with Gasteiger partial charge in [-0.15, -0.1) is 0 Å². The summed E-state index contributed by atoms with van der Waals surface area (Å²) < 4.78 is 0. The summed E-state index contributed by atoms with van der Waals surface area (Å²) in [7, 11) is 2.11. The molecule has 0 saturated carbocycles. The Balaban J connectivity index is 2.47. The van der Waals surface area contributed by atoms with Gasteiger partial charge in [0.25, 0.3) is 0 Å². The minimum atomic E-state index is -0.709. The topological polar surface area (TPSA) is 43.8 Å². The van der Waals surface area contributed by atoms with Crippen LogP contribution in [0.1, 0.15) is 20.3 Å². The molecule has 4 heteroatoms. The van der Waals surface area contributed by atoms with Gasteiger partial charge in [0.15, 0.2) is 0 Å². The first kappa shape index (κ1) is 11.5. The van der Waals surface area contributed by atoms with Crippen LogP contribution in [0.3, 0.4) is 0 Å². The Morgan fingerprint density at radius 1 is 1.43 bits per heavy atom. The fourth-order valence-corrected chi connectivity index (χ4v) is 2.08. The molecular formula is C10H20N2O2. The molecule has 0 amide bonds. The van der Waals surface area contributed by atoms with Crippen molar-refractivity contribution in [3.8, 4) is 0 Å². The Kier molecular flexibility index (Phi) is 3.50. The van der Waals surface area contributed by atoms with Crippen molar-refractivity contribution in [1.29, 1.82) is 0 Å². The van der Waals surface area contributed by atoms with Crippen molar-refractivity contribution in [1.82, 2.24) is 9.80 Å². The van der Waals surface area contributed by atoms with E-state index < -0.39 is 5.97 Å². The molecule has 82 valence electrons. The van der Waals surface area contributed by atoms with Crippen LogP contribution in [-0.2, 0) is 4.79 Å². The van der Waals surface area contributed by atoms with E-state index in [1.165, 1.54) is 0 Å². The zero-order chi connectivity index (χ0) is 10.8. The van der Waals surface area contributed by atoms with Gasteiger partial charge in [-0.05, 0) is 20.9 Å². The number of likely N-dealkylation sites (N-methyl/N-ethyl adjacent to an activating group) is 1. The highest BCUT2D eigenvalue weighted by atomic mass is 16.4. The first-order valence-electron chi connectivity index (χ1n) is 5.07. The van der Waals surface area contributed by atoms with E-state index in [1.807, 2.05) is 0 Å². The van der Waals surface area contributed by atoms with Crippen molar-refractivity contribution in [2.45, 2.75) is 25.8 Å². The Bertz CT molecular complexity index is 216. The van der Waals surface area contributed by atoms with Crippen LogP contribution in [0.5, 0.6) is 0 Å². The minimum absolute atomic E-state index is 0.0997. The number of hydrogen-bond donors (Lipinski definition) is 1. The van der Waals surface area contributed by atoms with Crippen LogP contribution in [-0.4, -0.2) is 59.6 Å². The van der Waals surface area contributed by atoms with E-state index in [9.17, 15) is 4.79 Å². The molecule has 0 aromatic carbocycles. The summed E-state index contributed by atoms with van der Waals surface area (Å²) in [5.74, 6) is -0.709. The van der Waals surface area contributed by atoms with Crippen LogP contribution in [0.15, 0.2) is 0 Å². The molecule has 0 aromatic rings. The quantitative estimate of drug-likeness (QED) is 0.720. The molecular weight excluding hydrogens is 180 g/mol. The van der Waals surface area contributed by atoms with E-state index in [-0.39, 0.29) is 12.0 Å². The summed E-state index contributed by atoms with van der Waals surface area (Å²) in [6.45, 7) is 8.01. The summed E-state index contributed by atoms with van der Waals surface area (Å²) >= 11 is 0. The van der Waals surface area contributed by atoms with Crippen molar-refractivity contribution >= 4 is 5.97 Å². The lowest BCUT2D eigenvalue weighted by Crippen LogP contribution is -2.58. The van der Waals surface area contributed by atoms with E-state index in [0.29, 0.717) is 6.54 Å². The van der Waals surface area contributed by atoms with Gasteiger partial charge in [0.2, 0.25) is 0 Å². The zero-order valence-corrected chi connectivity index (χ0v) is 9.29. The van der Waals surface area contributed by atoms with Gasteiger partial charge in [-0.25, -0.2) is 0 Å². The average Bonchev–Trinajstić information content (AvgIpc) is 2.00. The second kappa shape index (κ2) is 4.28. The molecule has 4 nitrogen and oxygen atoms in total. The number of carboxylic acids is 1. The SMILES string of the molecule is CN1CCN(CCC(=O)O)C(C)(C)C1. The molecule has 0 radical (unpaired) electrons. The lowest BCUT2D eigenvalue weighted by atomic mass is 9.99. The van der Waals surface area contributed by atoms with Crippen molar-refractivity contribution in [3.05, 3.63) is 0 Å². The smallest absolute Gasteiger partial charge is 0.304 e. The predicted octanol–water partition coefficient (Wildman–Crippen LogP) is 0.487. The molecule has 0 aromatic heterocycles. The number of piperazine rings is 1. The number of carbonyl (C=O) groups is 1. The van der Waals surface area contributed by atoms with Gasteiger partial charge < -0.3 is 10.0 Å². The average molecular weight is 200 g/mol. The van der Waals surface area contributed by atoms with E-state index >= 15 is 0 Å². The van der Waals surface area contributed by atoms with Crippen molar-refractivity contribution in [3.63, 3.8) is 0 Å². The van der Waals surface area contributed by atoms with Crippen molar-refractivity contribution in [2.24, 2.45) is 0 Å². The lowest BCUT2D eigenvalue weighted by molar-refractivity contribution is -0.137. The number of rotatable bonds is 3. The summed E-state index contributed by atoms with van der Waals surface area (Å²) in [5, 5.41) is 8.63. The maximum absolute atomic E-state index is 10.5. The standard InChI is InChI=1S/C10H20N2O2/c1-10(2)8-11(3)6-7-12(10)5-4-9(13)14/h4-8H2,1-3H3,(H,13,14). The third-order valence-electron chi connectivity index (χ3n) is 2.86. The Morgan fingerprint density at radius 2 is 2.07 bits per heavy atom. The van der Waals surface area contributed by atoms with Crippen LogP contribution in [0.25, 0.3) is 0 Å². The monoisotopic (exact) mass is 200 g/mol. The molecule has 1 aliphatic heterocycles. The fourth-order valence-electron chi connectivity index (χ4n) is 2.08. The molecule has 0 spiro atoms. The number of aliphatic carboxylic acids is 1. The first-order valence-corrected chi connectivity index (χ1v) is 5.07. The molecule has 0 unspecified atom stereocenters. The highest BCUT2D eigenvalue weighted by molar-refractivity contribution is 5.66. The fraction of sp³-hybridized carbons (Fsp3) is 0.900. The van der Waals surface area contributed by atoms with Crippen LogP contribution in [0.4, 0.5) is 0 Å². The van der Waals surface area contributed by atoms with E-state index in [4.69, 9.17) is 5.11 Å². The van der Waals surface area contributed by atoms with Gasteiger partial charge in [0.05, 0.1) is 6.42 Å². The number of carboxylic acid groups (broad SMARTS) is 1. The van der Waals surface area contributed by atoms with Crippen molar-refractivity contribution in [2.75, 3.05) is 33.2 Å². The summed E-state index contributed by atoms with van der Waals surface area (Å²) in [5.41, 5.74) is 0.0997. The third kappa shape index (κ3) is 2.96. The highest BCUT2D eigenvalue weighted by Gasteiger charge is 2.31. The number of hydrogen-bond acceptors (Lipinski definition) is 3. The van der Waals surface area contributed by atoms with Gasteiger partial charge in [-0.2, -0.15) is 0 Å². The maximum Gasteiger partial charge on any atom is 0.304 e. The predicted molar refractivity (Wildman–Crippen MR) is 55.4 cm³/mol. The molecule has 0 aliphatic carbocycles. The number of nitrogens with zero attached hydrogens (tertiary/aromatic N) is 2. The molecule has 1 heterocycles. The third-order valence-corrected chi connectivity index (χ3v) is 2.86. The second-order valence-corrected chi connectivity index (χ2v) is 4.68. The van der Waals surface area contributed by atoms with Crippen molar-refractivity contribution < 1.29 is 9.90 Å². The highest BCUT2D eigenvalue weighted by Crippen LogP contribution is 2.19. The van der Waals surface area contributed by atoms with Crippen LogP contribution in [0.2, 0.25) is 0 Å². The van der Waals surface area contributed by atoms with Gasteiger partial charge in [0.1, 0.15) is 0 Å². The minimum Gasteiger partial charge on any atom is -0.481 e. The molecule has 0 bridgehead atoms. The van der Waals surface area contributed by atoms with Gasteiger partial charge in [0, 0.05) is 31.7 Å². The summed E-state index contributed by atoms with van der Waals surface area (Å²) in [4.78, 5) is 15.0. The molecule has 1 N–H and O–H groups in total. The first-order chi connectivity index (χ1) is 6.42. The zero-order valence-electron chi connectivity index (χ0n) is 9.29. The van der Waals surface area contributed by atoms with Gasteiger partial charge >= 0.3 is 5.97 Å². The van der Waals surface area contributed by atoms with Gasteiger partial charge in [-0.3, -0.25) is 9.69 Å². The summed E-state index contributed by atoms with van der Waals surface area (Å²) in [6.07, 6.45) is 0.243. The molecule has 1 rings (SSSR count). The normalized spacial score (nSPS) is 23.6. The molecule has 1 saturated heterocycles. The molecule has 1 aliphatic rings. The molecule has 0 atom stereocenters. The Hall–Kier alpha value is -0.610. The van der Waals surface area contributed by atoms with Gasteiger partial charge in [-0.1, -0.05) is 0 Å². The van der Waals surface area contributed by atoms with E-state index in [1.54, 1.807) is 0 Å². The van der Waals surface area contributed by atoms with E-state index in [0.717, 1.165) is 19.6 Å². The van der Waals surface area contributed by atoms with Crippen LogP contribution in [0, 0.1) is 0 Å². The second-order valence-electron chi connectivity index (χ2n) is 4.68.